The van der Waals surface area contributed by atoms with Gasteiger partial charge in [-0.25, -0.2) is 9.97 Å². The van der Waals surface area contributed by atoms with Crippen molar-refractivity contribution in [2.75, 3.05) is 18.5 Å². The Morgan fingerprint density at radius 3 is 2.68 bits per heavy atom. The van der Waals surface area contributed by atoms with E-state index in [0.29, 0.717) is 0 Å². The molecule has 0 unspecified atom stereocenters. The first kappa shape index (κ1) is 14.4. The minimum atomic E-state index is 0.727. The maximum absolute atomic E-state index is 4.80. The van der Waals surface area contributed by atoms with Gasteiger partial charge in [-0.3, -0.25) is 4.98 Å². The van der Waals surface area contributed by atoms with Crippen LogP contribution in [0.2, 0.25) is 0 Å². The average molecular weight is 292 g/mol. The first-order chi connectivity index (χ1) is 10.8. The Morgan fingerprint density at radius 1 is 1.05 bits per heavy atom. The number of pyridine rings is 1. The third kappa shape index (κ3) is 2.91. The van der Waals surface area contributed by atoms with Gasteiger partial charge >= 0.3 is 0 Å². The number of hydrogen-bond acceptors (Lipinski definition) is 4. The number of unbranched alkanes of at least 4 members (excludes halogenated alkanes) is 1. The third-order valence-corrected chi connectivity index (χ3v) is 3.71. The molecule has 1 aromatic carbocycles. The minimum Gasteiger partial charge on any atom is -0.359 e. The summed E-state index contributed by atoms with van der Waals surface area (Å²) in [4.78, 5) is 15.9. The van der Waals surface area contributed by atoms with Gasteiger partial charge in [-0.1, -0.05) is 25.5 Å². The first-order valence-corrected chi connectivity index (χ1v) is 7.68. The van der Waals surface area contributed by atoms with Crippen LogP contribution in [0.1, 0.15) is 19.8 Å². The average Bonchev–Trinajstić information content (AvgIpc) is 2.59. The van der Waals surface area contributed by atoms with Gasteiger partial charge in [0.15, 0.2) is 5.82 Å². The summed E-state index contributed by atoms with van der Waals surface area (Å²) in [6, 6.07) is 12.1. The fourth-order valence-electron chi connectivity index (χ4n) is 2.48. The molecule has 0 spiro atoms. The summed E-state index contributed by atoms with van der Waals surface area (Å²) < 4.78 is 0. The first-order valence-electron chi connectivity index (χ1n) is 7.68. The smallest absolute Gasteiger partial charge is 0.163 e. The molecule has 4 nitrogen and oxygen atoms in total. The molecule has 3 aromatic rings. The highest BCUT2D eigenvalue weighted by Gasteiger charge is 2.12. The minimum absolute atomic E-state index is 0.727. The van der Waals surface area contributed by atoms with Gasteiger partial charge in [0.2, 0.25) is 0 Å². The lowest BCUT2D eigenvalue weighted by Gasteiger charge is -2.20. The molecule has 0 radical (unpaired) electrons. The van der Waals surface area contributed by atoms with Crippen molar-refractivity contribution in [1.82, 2.24) is 15.0 Å². The predicted molar refractivity (Wildman–Crippen MR) is 90.9 cm³/mol. The fourth-order valence-corrected chi connectivity index (χ4v) is 2.48. The topological polar surface area (TPSA) is 41.9 Å². The Bertz CT molecular complexity index is 755. The van der Waals surface area contributed by atoms with Crippen LogP contribution in [0.5, 0.6) is 0 Å². The highest BCUT2D eigenvalue weighted by atomic mass is 15.2. The predicted octanol–water partition coefficient (Wildman–Crippen LogP) is 3.93. The molecule has 3 rings (SSSR count). The number of para-hydroxylation sites is 1. The Morgan fingerprint density at radius 2 is 1.91 bits per heavy atom. The van der Waals surface area contributed by atoms with Crippen molar-refractivity contribution in [3.63, 3.8) is 0 Å². The Labute approximate surface area is 130 Å². The molecule has 0 saturated carbocycles. The molecule has 2 aromatic heterocycles. The SMILES string of the molecule is CCCCN(C)c1nc(-c2cccnc2)nc2ccccc12. The molecule has 2 heterocycles. The molecule has 0 aliphatic heterocycles. The third-order valence-electron chi connectivity index (χ3n) is 3.71. The molecule has 0 bridgehead atoms. The summed E-state index contributed by atoms with van der Waals surface area (Å²) in [5.41, 5.74) is 1.91. The number of fused-ring (bicyclic) bond motifs is 1. The van der Waals surface area contributed by atoms with E-state index in [2.05, 4.69) is 29.9 Å². The van der Waals surface area contributed by atoms with Crippen LogP contribution in [0, 0.1) is 0 Å². The van der Waals surface area contributed by atoms with Crippen molar-refractivity contribution in [3.8, 4) is 11.4 Å². The molecule has 112 valence electrons. The van der Waals surface area contributed by atoms with E-state index in [1.807, 2.05) is 30.3 Å². The molecule has 0 fully saturated rings. The van der Waals surface area contributed by atoms with Crippen LogP contribution in [-0.2, 0) is 0 Å². The van der Waals surface area contributed by atoms with E-state index in [1.54, 1.807) is 12.4 Å². The fraction of sp³-hybridized carbons (Fsp3) is 0.278. The van der Waals surface area contributed by atoms with Gasteiger partial charge in [-0.15, -0.1) is 0 Å². The maximum Gasteiger partial charge on any atom is 0.163 e. The van der Waals surface area contributed by atoms with E-state index in [0.717, 1.165) is 41.1 Å². The van der Waals surface area contributed by atoms with Crippen molar-refractivity contribution in [1.29, 1.82) is 0 Å². The van der Waals surface area contributed by atoms with Crippen LogP contribution in [0.25, 0.3) is 22.3 Å². The molecule has 0 atom stereocenters. The number of hydrogen-bond donors (Lipinski definition) is 0. The van der Waals surface area contributed by atoms with Crippen molar-refractivity contribution in [3.05, 3.63) is 48.8 Å². The second-order valence-corrected chi connectivity index (χ2v) is 5.40. The molecular weight excluding hydrogens is 272 g/mol. The van der Waals surface area contributed by atoms with Crippen molar-refractivity contribution in [2.45, 2.75) is 19.8 Å². The summed E-state index contributed by atoms with van der Waals surface area (Å²) in [5, 5.41) is 1.09. The monoisotopic (exact) mass is 292 g/mol. The molecule has 0 aliphatic rings. The largest absolute Gasteiger partial charge is 0.359 e. The van der Waals surface area contributed by atoms with Crippen molar-refractivity contribution < 1.29 is 0 Å². The second-order valence-electron chi connectivity index (χ2n) is 5.40. The van der Waals surface area contributed by atoms with Crippen LogP contribution in [0.15, 0.2) is 48.8 Å². The summed E-state index contributed by atoms with van der Waals surface area (Å²) >= 11 is 0. The summed E-state index contributed by atoms with van der Waals surface area (Å²) in [6.45, 7) is 3.19. The van der Waals surface area contributed by atoms with E-state index in [1.165, 1.54) is 6.42 Å². The number of benzene rings is 1. The maximum atomic E-state index is 4.80. The molecule has 0 N–H and O–H groups in total. The van der Waals surface area contributed by atoms with Crippen LogP contribution >= 0.6 is 0 Å². The van der Waals surface area contributed by atoms with Crippen molar-refractivity contribution in [2.24, 2.45) is 0 Å². The van der Waals surface area contributed by atoms with E-state index in [9.17, 15) is 0 Å². The molecule has 4 heteroatoms. The molecule has 0 amide bonds. The van der Waals surface area contributed by atoms with Crippen LogP contribution < -0.4 is 4.90 Å². The van der Waals surface area contributed by atoms with Crippen LogP contribution in [0.3, 0.4) is 0 Å². The zero-order chi connectivity index (χ0) is 15.4. The van der Waals surface area contributed by atoms with Gasteiger partial charge in [0.05, 0.1) is 5.52 Å². The Balaban J connectivity index is 2.12. The second kappa shape index (κ2) is 6.52. The molecular formula is C18H20N4. The van der Waals surface area contributed by atoms with E-state index in [-0.39, 0.29) is 0 Å². The summed E-state index contributed by atoms with van der Waals surface area (Å²) in [5.74, 6) is 1.71. The van der Waals surface area contributed by atoms with E-state index in [4.69, 9.17) is 9.97 Å². The van der Waals surface area contributed by atoms with Gasteiger partial charge in [0.25, 0.3) is 0 Å². The van der Waals surface area contributed by atoms with Gasteiger partial charge in [-0.2, -0.15) is 0 Å². The van der Waals surface area contributed by atoms with Crippen molar-refractivity contribution >= 4 is 16.7 Å². The Kier molecular flexibility index (Phi) is 4.28. The normalized spacial score (nSPS) is 10.8. The lowest BCUT2D eigenvalue weighted by molar-refractivity contribution is 0.761. The van der Waals surface area contributed by atoms with E-state index >= 15 is 0 Å². The summed E-state index contributed by atoms with van der Waals surface area (Å²) in [6.07, 6.45) is 5.89. The lowest BCUT2D eigenvalue weighted by atomic mass is 10.2. The van der Waals surface area contributed by atoms with Gasteiger partial charge in [0.1, 0.15) is 5.82 Å². The number of nitrogens with zero attached hydrogens (tertiary/aromatic N) is 4. The van der Waals surface area contributed by atoms with Gasteiger partial charge < -0.3 is 4.90 Å². The highest BCUT2D eigenvalue weighted by Crippen LogP contribution is 2.26. The van der Waals surface area contributed by atoms with E-state index < -0.39 is 0 Å². The Hall–Kier alpha value is -2.49. The highest BCUT2D eigenvalue weighted by molar-refractivity contribution is 5.90. The standard InChI is InChI=1S/C18H20N4/c1-3-4-12-22(2)18-15-9-5-6-10-16(15)20-17(21-18)14-8-7-11-19-13-14/h5-11,13H,3-4,12H2,1-2H3. The zero-order valence-corrected chi connectivity index (χ0v) is 13.0. The number of aromatic nitrogens is 3. The lowest BCUT2D eigenvalue weighted by Crippen LogP contribution is -2.20. The molecule has 22 heavy (non-hydrogen) atoms. The van der Waals surface area contributed by atoms with Gasteiger partial charge in [-0.05, 0) is 30.7 Å². The zero-order valence-electron chi connectivity index (χ0n) is 13.0. The quantitative estimate of drug-likeness (QED) is 0.714. The van der Waals surface area contributed by atoms with Gasteiger partial charge in [0, 0.05) is 36.9 Å². The van der Waals surface area contributed by atoms with Crippen LogP contribution in [0.4, 0.5) is 5.82 Å². The molecule has 0 saturated heterocycles. The van der Waals surface area contributed by atoms with Crippen LogP contribution in [-0.4, -0.2) is 28.5 Å². The number of rotatable bonds is 5. The number of anilines is 1. The summed E-state index contributed by atoms with van der Waals surface area (Å²) in [7, 11) is 2.09. The molecule has 0 aliphatic carbocycles.